The van der Waals surface area contributed by atoms with E-state index in [-0.39, 0.29) is 31.1 Å². The predicted molar refractivity (Wildman–Crippen MR) is 81.1 cm³/mol. The Hall–Kier alpha value is -1.45. The summed E-state index contributed by atoms with van der Waals surface area (Å²) in [6.07, 6.45) is 4.03. The third-order valence-corrected chi connectivity index (χ3v) is 4.72. The van der Waals surface area contributed by atoms with E-state index in [0.29, 0.717) is 18.7 Å². The lowest BCUT2D eigenvalue weighted by molar-refractivity contribution is 0.000437. The van der Waals surface area contributed by atoms with Crippen molar-refractivity contribution in [2.45, 2.75) is 26.0 Å². The molecular formula is C13H22N4O4S. The summed E-state index contributed by atoms with van der Waals surface area (Å²) >= 11 is 0. The number of nitrogens with one attached hydrogen (secondary N) is 1. The summed E-state index contributed by atoms with van der Waals surface area (Å²) in [4.78, 5) is 12.0. The first kappa shape index (κ1) is 16.9. The van der Waals surface area contributed by atoms with Gasteiger partial charge in [-0.25, -0.2) is 8.42 Å². The molecule has 1 aromatic rings. The molecule has 0 radical (unpaired) electrons. The minimum Gasteiger partial charge on any atom is -0.374 e. The molecule has 1 saturated heterocycles. The average Bonchev–Trinajstić information content (AvgIpc) is 2.94. The van der Waals surface area contributed by atoms with Gasteiger partial charge in [0.2, 0.25) is 10.0 Å². The van der Waals surface area contributed by atoms with Gasteiger partial charge >= 0.3 is 0 Å². The summed E-state index contributed by atoms with van der Waals surface area (Å²) in [5.41, 5.74) is 0.476. The maximum atomic E-state index is 12.0. The molecule has 0 bridgehead atoms. The molecule has 1 aliphatic heterocycles. The lowest BCUT2D eigenvalue weighted by atomic mass is 10.3. The number of nitrogens with zero attached hydrogens (tertiary/aromatic N) is 3. The minimum absolute atomic E-state index is 0.187. The van der Waals surface area contributed by atoms with Crippen molar-refractivity contribution in [2.75, 3.05) is 32.5 Å². The summed E-state index contributed by atoms with van der Waals surface area (Å²) in [6.45, 7) is 5.15. The van der Waals surface area contributed by atoms with Gasteiger partial charge < -0.3 is 10.1 Å². The van der Waals surface area contributed by atoms with Crippen molar-refractivity contribution in [2.24, 2.45) is 0 Å². The quantitative estimate of drug-likeness (QED) is 0.811. The number of carbonyl (C=O) groups is 1. The van der Waals surface area contributed by atoms with Crippen LogP contribution in [0.4, 0.5) is 0 Å². The zero-order valence-electron chi connectivity index (χ0n) is 13.0. The second-order valence-corrected chi connectivity index (χ2v) is 7.61. The monoisotopic (exact) mass is 330 g/mol. The Balaban J connectivity index is 1.88. The van der Waals surface area contributed by atoms with Crippen molar-refractivity contribution in [1.29, 1.82) is 0 Å². The molecular weight excluding hydrogens is 308 g/mol. The highest BCUT2D eigenvalue weighted by Gasteiger charge is 2.26. The van der Waals surface area contributed by atoms with E-state index in [9.17, 15) is 13.2 Å². The molecule has 0 spiro atoms. The predicted octanol–water partition coefficient (Wildman–Crippen LogP) is -0.146. The third-order valence-electron chi connectivity index (χ3n) is 3.45. The van der Waals surface area contributed by atoms with E-state index in [2.05, 4.69) is 10.4 Å². The fraction of sp³-hybridized carbons (Fsp3) is 0.692. The SMILES string of the molecule is CC(C)n1cc(C(=O)NC[C@@H]2CN(S(C)(=O)=O)CCO2)cn1. The van der Waals surface area contributed by atoms with Gasteiger partial charge in [-0.15, -0.1) is 0 Å². The lowest BCUT2D eigenvalue weighted by Gasteiger charge is -2.31. The largest absolute Gasteiger partial charge is 0.374 e. The maximum absolute atomic E-state index is 12.0. The summed E-state index contributed by atoms with van der Waals surface area (Å²) in [7, 11) is -3.23. The molecule has 2 rings (SSSR count). The number of rotatable bonds is 5. The first-order valence-electron chi connectivity index (χ1n) is 7.16. The van der Waals surface area contributed by atoms with E-state index >= 15 is 0 Å². The van der Waals surface area contributed by atoms with Crippen molar-refractivity contribution in [3.05, 3.63) is 18.0 Å². The summed E-state index contributed by atoms with van der Waals surface area (Å²) < 4.78 is 31.6. The molecule has 22 heavy (non-hydrogen) atoms. The van der Waals surface area contributed by atoms with Crippen LogP contribution in [0.5, 0.6) is 0 Å². The van der Waals surface area contributed by atoms with Crippen molar-refractivity contribution in [3.63, 3.8) is 0 Å². The first-order valence-corrected chi connectivity index (χ1v) is 9.01. The van der Waals surface area contributed by atoms with Crippen LogP contribution in [-0.4, -0.2) is 67.0 Å². The Labute approximate surface area is 130 Å². The van der Waals surface area contributed by atoms with Crippen molar-refractivity contribution in [1.82, 2.24) is 19.4 Å². The molecule has 1 fully saturated rings. The molecule has 8 nitrogen and oxygen atoms in total. The van der Waals surface area contributed by atoms with Crippen LogP contribution in [0, 0.1) is 0 Å². The van der Waals surface area contributed by atoms with Gasteiger partial charge in [0.15, 0.2) is 0 Å². The Morgan fingerprint density at radius 1 is 1.55 bits per heavy atom. The highest BCUT2D eigenvalue weighted by atomic mass is 32.2. The second kappa shape index (κ2) is 6.76. The van der Waals surface area contributed by atoms with Gasteiger partial charge in [-0.3, -0.25) is 9.48 Å². The molecule has 1 aromatic heterocycles. The average molecular weight is 330 g/mol. The van der Waals surface area contributed by atoms with Gasteiger partial charge in [0.05, 0.1) is 30.7 Å². The summed E-state index contributed by atoms with van der Waals surface area (Å²) in [5.74, 6) is -0.244. The van der Waals surface area contributed by atoms with E-state index in [1.807, 2.05) is 13.8 Å². The Bertz CT molecular complexity index is 626. The zero-order chi connectivity index (χ0) is 16.3. The topological polar surface area (TPSA) is 93.5 Å². The number of aromatic nitrogens is 2. The van der Waals surface area contributed by atoms with Crippen LogP contribution in [0.2, 0.25) is 0 Å². The van der Waals surface area contributed by atoms with Gasteiger partial charge in [-0.1, -0.05) is 0 Å². The van der Waals surface area contributed by atoms with Gasteiger partial charge in [-0.05, 0) is 13.8 Å². The van der Waals surface area contributed by atoms with E-state index in [0.717, 1.165) is 0 Å². The van der Waals surface area contributed by atoms with Gasteiger partial charge in [0.25, 0.3) is 5.91 Å². The maximum Gasteiger partial charge on any atom is 0.254 e. The molecule has 2 heterocycles. The summed E-state index contributed by atoms with van der Waals surface area (Å²) in [5, 5.41) is 6.87. The third kappa shape index (κ3) is 4.28. The Morgan fingerprint density at radius 3 is 2.86 bits per heavy atom. The van der Waals surface area contributed by atoms with Gasteiger partial charge in [0.1, 0.15) is 0 Å². The zero-order valence-corrected chi connectivity index (χ0v) is 13.8. The van der Waals surface area contributed by atoms with Crippen molar-refractivity contribution < 1.29 is 17.9 Å². The second-order valence-electron chi connectivity index (χ2n) is 5.63. The van der Waals surface area contributed by atoms with Crippen molar-refractivity contribution in [3.8, 4) is 0 Å². The molecule has 1 N–H and O–H groups in total. The fourth-order valence-corrected chi connectivity index (χ4v) is 3.01. The number of morpholine rings is 1. The van der Waals surface area contributed by atoms with Gasteiger partial charge in [0, 0.05) is 31.9 Å². The lowest BCUT2D eigenvalue weighted by Crippen LogP contribution is -2.49. The van der Waals surface area contributed by atoms with Crippen LogP contribution >= 0.6 is 0 Å². The molecule has 124 valence electrons. The molecule has 0 aromatic carbocycles. The Kier molecular flexibility index (Phi) is 5.20. The molecule has 0 saturated carbocycles. The number of sulfonamides is 1. The van der Waals surface area contributed by atoms with Gasteiger partial charge in [-0.2, -0.15) is 9.40 Å². The standard InChI is InChI=1S/C13H22N4O4S/c1-10(2)17-8-11(6-15-17)13(18)14-7-12-9-16(4-5-21-12)22(3,19)20/h6,8,10,12H,4-5,7,9H2,1-3H3,(H,14,18)/t12-/m1/s1. The molecule has 1 amide bonds. The molecule has 0 aliphatic carbocycles. The fourth-order valence-electron chi connectivity index (χ4n) is 2.16. The molecule has 0 unspecified atom stereocenters. The number of ether oxygens (including phenoxy) is 1. The molecule has 9 heteroatoms. The number of hydrogen-bond acceptors (Lipinski definition) is 5. The Morgan fingerprint density at radius 2 is 2.27 bits per heavy atom. The van der Waals surface area contributed by atoms with Crippen LogP contribution in [0.15, 0.2) is 12.4 Å². The van der Waals surface area contributed by atoms with Crippen LogP contribution < -0.4 is 5.32 Å². The summed E-state index contributed by atoms with van der Waals surface area (Å²) in [6, 6.07) is 0.187. The minimum atomic E-state index is -3.23. The molecule has 1 aliphatic rings. The number of amides is 1. The highest BCUT2D eigenvalue weighted by molar-refractivity contribution is 7.88. The van der Waals surface area contributed by atoms with Crippen LogP contribution in [0.25, 0.3) is 0 Å². The van der Waals surface area contributed by atoms with E-state index in [1.54, 1.807) is 10.9 Å². The van der Waals surface area contributed by atoms with E-state index in [4.69, 9.17) is 4.74 Å². The highest BCUT2D eigenvalue weighted by Crippen LogP contribution is 2.09. The van der Waals surface area contributed by atoms with Crippen LogP contribution in [0.3, 0.4) is 0 Å². The number of hydrogen-bond donors (Lipinski definition) is 1. The van der Waals surface area contributed by atoms with E-state index < -0.39 is 10.0 Å². The molecule has 1 atom stereocenters. The van der Waals surface area contributed by atoms with Crippen molar-refractivity contribution >= 4 is 15.9 Å². The van der Waals surface area contributed by atoms with E-state index in [1.165, 1.54) is 16.8 Å². The normalized spacial score (nSPS) is 20.3. The number of carbonyl (C=O) groups excluding carboxylic acids is 1. The first-order chi connectivity index (χ1) is 10.3. The van der Waals surface area contributed by atoms with Crippen LogP contribution in [0.1, 0.15) is 30.2 Å². The van der Waals surface area contributed by atoms with Crippen LogP contribution in [-0.2, 0) is 14.8 Å². The smallest absolute Gasteiger partial charge is 0.254 e.